The SMILES string of the molecule is CCCC(O)CN1CCN(CC2C[C@@]2(C)C2CCN(CC3CCN(C)CC3)CC2)CC1. The molecule has 4 aliphatic rings. The molecular formula is C26H50N4O. The first-order chi connectivity index (χ1) is 15.0. The van der Waals surface area contributed by atoms with E-state index in [1.54, 1.807) is 0 Å². The first-order valence-corrected chi connectivity index (χ1v) is 13.5. The summed E-state index contributed by atoms with van der Waals surface area (Å²) in [6.45, 7) is 18.3. The van der Waals surface area contributed by atoms with Crippen LogP contribution in [0.25, 0.3) is 0 Å². The summed E-state index contributed by atoms with van der Waals surface area (Å²) in [6.07, 6.45) is 9.03. The lowest BCUT2D eigenvalue weighted by atomic mass is 9.80. The van der Waals surface area contributed by atoms with E-state index in [4.69, 9.17) is 0 Å². The summed E-state index contributed by atoms with van der Waals surface area (Å²) in [5.41, 5.74) is 0.619. The van der Waals surface area contributed by atoms with Gasteiger partial charge in [0.05, 0.1) is 6.10 Å². The van der Waals surface area contributed by atoms with Crippen molar-refractivity contribution in [3.63, 3.8) is 0 Å². The number of likely N-dealkylation sites (tertiary alicyclic amines) is 2. The summed E-state index contributed by atoms with van der Waals surface area (Å²) < 4.78 is 0. The molecule has 0 bridgehead atoms. The number of rotatable bonds is 9. The van der Waals surface area contributed by atoms with Crippen LogP contribution in [-0.2, 0) is 0 Å². The van der Waals surface area contributed by atoms with Crippen molar-refractivity contribution in [1.29, 1.82) is 0 Å². The van der Waals surface area contributed by atoms with Crippen molar-refractivity contribution < 1.29 is 5.11 Å². The van der Waals surface area contributed by atoms with E-state index in [9.17, 15) is 5.11 Å². The number of nitrogens with zero attached hydrogens (tertiary/aromatic N) is 4. The molecule has 180 valence electrons. The molecule has 31 heavy (non-hydrogen) atoms. The van der Waals surface area contributed by atoms with Gasteiger partial charge in [-0.05, 0) is 94.9 Å². The highest BCUT2D eigenvalue weighted by atomic mass is 16.3. The topological polar surface area (TPSA) is 33.2 Å². The maximum absolute atomic E-state index is 10.1. The Labute approximate surface area is 192 Å². The molecule has 1 saturated carbocycles. The van der Waals surface area contributed by atoms with Crippen LogP contribution < -0.4 is 0 Å². The number of aliphatic hydroxyl groups is 1. The van der Waals surface area contributed by atoms with Gasteiger partial charge in [-0.2, -0.15) is 0 Å². The van der Waals surface area contributed by atoms with Crippen LogP contribution in [-0.4, -0.2) is 110 Å². The Bertz CT molecular complexity index is 536. The molecule has 0 spiro atoms. The summed E-state index contributed by atoms with van der Waals surface area (Å²) in [7, 11) is 2.27. The number of piperazine rings is 1. The minimum atomic E-state index is -0.131. The Kier molecular flexibility index (Phi) is 8.35. The van der Waals surface area contributed by atoms with Crippen molar-refractivity contribution in [3.05, 3.63) is 0 Å². The van der Waals surface area contributed by atoms with Gasteiger partial charge in [0.2, 0.25) is 0 Å². The standard InChI is InChI=1S/C26H50N4O/c1-4-5-25(31)21-30-16-14-29(15-17-30)20-24-18-26(24,2)23-8-12-28(13-9-23)19-22-6-10-27(3)11-7-22/h22-25,31H,4-21H2,1-3H3/t24?,25?,26-/m0/s1. The fourth-order valence-corrected chi connectivity index (χ4v) is 6.82. The largest absolute Gasteiger partial charge is 0.392 e. The van der Waals surface area contributed by atoms with Crippen molar-refractivity contribution in [2.75, 3.05) is 79.0 Å². The van der Waals surface area contributed by atoms with Gasteiger partial charge in [-0.25, -0.2) is 0 Å². The van der Waals surface area contributed by atoms with Crippen LogP contribution in [0.15, 0.2) is 0 Å². The summed E-state index contributed by atoms with van der Waals surface area (Å²) in [5.74, 6) is 2.82. The molecule has 4 fully saturated rings. The van der Waals surface area contributed by atoms with E-state index >= 15 is 0 Å². The van der Waals surface area contributed by atoms with Crippen LogP contribution in [0.1, 0.15) is 58.8 Å². The molecule has 0 aromatic rings. The molecule has 0 radical (unpaired) electrons. The molecule has 3 saturated heterocycles. The fourth-order valence-electron chi connectivity index (χ4n) is 6.82. The minimum Gasteiger partial charge on any atom is -0.392 e. The lowest BCUT2D eigenvalue weighted by Crippen LogP contribution is -2.49. The van der Waals surface area contributed by atoms with Crippen molar-refractivity contribution in [2.24, 2.45) is 23.2 Å². The van der Waals surface area contributed by atoms with Crippen LogP contribution in [0.5, 0.6) is 0 Å². The third-order valence-corrected chi connectivity index (χ3v) is 9.37. The van der Waals surface area contributed by atoms with Crippen molar-refractivity contribution in [3.8, 4) is 0 Å². The zero-order valence-corrected chi connectivity index (χ0v) is 20.8. The summed E-state index contributed by atoms with van der Waals surface area (Å²) >= 11 is 0. The summed E-state index contributed by atoms with van der Waals surface area (Å²) in [6, 6.07) is 0. The Morgan fingerprint density at radius 2 is 1.45 bits per heavy atom. The van der Waals surface area contributed by atoms with E-state index in [0.29, 0.717) is 5.41 Å². The molecule has 1 N–H and O–H groups in total. The monoisotopic (exact) mass is 434 g/mol. The summed E-state index contributed by atoms with van der Waals surface area (Å²) in [5, 5.41) is 10.1. The first-order valence-electron chi connectivity index (χ1n) is 13.5. The lowest BCUT2D eigenvalue weighted by Gasteiger charge is -2.39. The number of β-amino-alcohol motifs (C(OH)–C–C–N with tert-alkyl or cyclic N) is 1. The third-order valence-electron chi connectivity index (χ3n) is 9.37. The van der Waals surface area contributed by atoms with Gasteiger partial charge in [0.1, 0.15) is 0 Å². The van der Waals surface area contributed by atoms with Gasteiger partial charge in [-0.3, -0.25) is 4.90 Å². The lowest BCUT2D eigenvalue weighted by molar-refractivity contribution is 0.0626. The molecule has 0 aromatic heterocycles. The Morgan fingerprint density at radius 3 is 2.10 bits per heavy atom. The van der Waals surface area contributed by atoms with E-state index in [1.807, 2.05) is 0 Å². The van der Waals surface area contributed by atoms with Gasteiger partial charge in [-0.15, -0.1) is 0 Å². The van der Waals surface area contributed by atoms with E-state index in [2.05, 4.69) is 40.5 Å². The molecule has 3 aliphatic heterocycles. The Hall–Kier alpha value is -0.200. The molecule has 3 atom stereocenters. The van der Waals surface area contributed by atoms with Crippen LogP contribution in [0, 0.1) is 23.2 Å². The van der Waals surface area contributed by atoms with Crippen LogP contribution in [0.4, 0.5) is 0 Å². The van der Waals surface area contributed by atoms with Crippen molar-refractivity contribution >= 4 is 0 Å². The van der Waals surface area contributed by atoms with Crippen molar-refractivity contribution in [2.45, 2.75) is 64.9 Å². The van der Waals surface area contributed by atoms with Crippen LogP contribution >= 0.6 is 0 Å². The van der Waals surface area contributed by atoms with Gasteiger partial charge in [0.15, 0.2) is 0 Å². The quantitative estimate of drug-likeness (QED) is 0.603. The molecule has 0 aromatic carbocycles. The van der Waals surface area contributed by atoms with Crippen LogP contribution in [0.3, 0.4) is 0 Å². The second-order valence-corrected chi connectivity index (χ2v) is 11.8. The number of hydrogen-bond donors (Lipinski definition) is 1. The third kappa shape index (κ3) is 6.44. The average molecular weight is 435 g/mol. The fraction of sp³-hybridized carbons (Fsp3) is 1.00. The van der Waals surface area contributed by atoms with Gasteiger partial charge in [0.25, 0.3) is 0 Å². The maximum Gasteiger partial charge on any atom is 0.0667 e. The molecule has 5 nitrogen and oxygen atoms in total. The van der Waals surface area contributed by atoms with Crippen molar-refractivity contribution in [1.82, 2.24) is 19.6 Å². The van der Waals surface area contributed by atoms with E-state index in [1.165, 1.54) is 84.5 Å². The predicted octanol–water partition coefficient (Wildman–Crippen LogP) is 2.85. The smallest absolute Gasteiger partial charge is 0.0667 e. The molecule has 3 heterocycles. The second kappa shape index (κ2) is 10.8. The van der Waals surface area contributed by atoms with Crippen LogP contribution in [0.2, 0.25) is 0 Å². The number of aliphatic hydroxyl groups excluding tert-OH is 1. The molecule has 5 heteroatoms. The second-order valence-electron chi connectivity index (χ2n) is 11.8. The van der Waals surface area contributed by atoms with Gasteiger partial charge < -0.3 is 19.8 Å². The number of piperidine rings is 2. The van der Waals surface area contributed by atoms with E-state index in [-0.39, 0.29) is 6.10 Å². The zero-order chi connectivity index (χ0) is 21.8. The van der Waals surface area contributed by atoms with Gasteiger partial charge in [0, 0.05) is 45.8 Å². The average Bonchev–Trinajstić information content (AvgIpc) is 3.42. The Morgan fingerprint density at radius 1 is 0.839 bits per heavy atom. The van der Waals surface area contributed by atoms with Gasteiger partial charge >= 0.3 is 0 Å². The van der Waals surface area contributed by atoms with E-state index < -0.39 is 0 Å². The number of hydrogen-bond acceptors (Lipinski definition) is 5. The molecule has 4 rings (SSSR count). The maximum atomic E-state index is 10.1. The highest BCUT2D eigenvalue weighted by Crippen LogP contribution is 2.60. The highest BCUT2D eigenvalue weighted by Gasteiger charge is 2.55. The van der Waals surface area contributed by atoms with Gasteiger partial charge in [-0.1, -0.05) is 20.3 Å². The minimum absolute atomic E-state index is 0.131. The molecule has 2 unspecified atom stereocenters. The molecule has 0 amide bonds. The highest BCUT2D eigenvalue weighted by molar-refractivity contribution is 5.05. The first kappa shape index (κ1) is 23.9. The predicted molar refractivity (Wildman–Crippen MR) is 129 cm³/mol. The molecule has 1 aliphatic carbocycles. The zero-order valence-electron chi connectivity index (χ0n) is 20.8. The normalized spacial score (nSPS) is 34.3. The Balaban J connectivity index is 1.13. The van der Waals surface area contributed by atoms with E-state index in [0.717, 1.165) is 50.2 Å². The summed E-state index contributed by atoms with van der Waals surface area (Å²) in [4.78, 5) is 10.5. The molecular weight excluding hydrogens is 384 g/mol.